The molecule has 1 aliphatic rings. The normalized spacial score (nSPS) is 17.1. The average molecular weight is 323 g/mol. The Morgan fingerprint density at radius 2 is 1.83 bits per heavy atom. The molecule has 2 aromatic rings. The van der Waals surface area contributed by atoms with Crippen molar-refractivity contribution in [2.24, 2.45) is 0 Å². The number of nitrogens with one attached hydrogen (secondary N) is 1. The van der Waals surface area contributed by atoms with Crippen LogP contribution in [0.5, 0.6) is 11.5 Å². The largest absolute Gasteiger partial charge is 0.486 e. The fourth-order valence-electron chi connectivity index (χ4n) is 2.40. The zero-order valence-corrected chi connectivity index (χ0v) is 12.3. The van der Waals surface area contributed by atoms with Crippen LogP contribution in [0.25, 0.3) is 0 Å². The fraction of sp³-hybridized carbons (Fsp3) is 0.294. The minimum absolute atomic E-state index is 0.171. The molecule has 0 radical (unpaired) electrons. The van der Waals surface area contributed by atoms with Crippen molar-refractivity contribution in [3.05, 3.63) is 59.7 Å². The van der Waals surface area contributed by atoms with Gasteiger partial charge in [-0.05, 0) is 23.8 Å². The van der Waals surface area contributed by atoms with Gasteiger partial charge in [-0.15, -0.1) is 0 Å². The highest BCUT2D eigenvalue weighted by Gasteiger charge is 2.30. The molecule has 0 saturated heterocycles. The molecular weight excluding hydrogens is 307 g/mol. The summed E-state index contributed by atoms with van der Waals surface area (Å²) in [6.07, 6.45) is -4.49. The van der Waals surface area contributed by atoms with Crippen molar-refractivity contribution >= 4 is 0 Å². The van der Waals surface area contributed by atoms with Crippen LogP contribution >= 0.6 is 0 Å². The highest BCUT2D eigenvalue weighted by atomic mass is 19.4. The van der Waals surface area contributed by atoms with Gasteiger partial charge in [0, 0.05) is 13.1 Å². The van der Waals surface area contributed by atoms with Crippen LogP contribution in [0, 0.1) is 0 Å². The molecule has 0 aliphatic carbocycles. The summed E-state index contributed by atoms with van der Waals surface area (Å²) in [5, 5.41) is 3.11. The van der Waals surface area contributed by atoms with Gasteiger partial charge in [0.15, 0.2) is 11.5 Å². The van der Waals surface area contributed by atoms with E-state index in [1.54, 1.807) is 6.07 Å². The van der Waals surface area contributed by atoms with E-state index in [1.165, 1.54) is 6.07 Å². The molecule has 1 atom stereocenters. The monoisotopic (exact) mass is 323 g/mol. The summed E-state index contributed by atoms with van der Waals surface area (Å²) in [6, 6.07) is 12.7. The van der Waals surface area contributed by atoms with Crippen LogP contribution in [0.1, 0.15) is 11.1 Å². The molecule has 0 saturated carbocycles. The first-order valence-electron chi connectivity index (χ1n) is 7.28. The van der Waals surface area contributed by atoms with Crippen LogP contribution in [0.2, 0.25) is 0 Å². The fourth-order valence-corrected chi connectivity index (χ4v) is 2.40. The zero-order valence-electron chi connectivity index (χ0n) is 12.3. The molecule has 1 heterocycles. The third-order valence-electron chi connectivity index (χ3n) is 3.52. The van der Waals surface area contributed by atoms with E-state index in [0.717, 1.165) is 12.1 Å². The lowest BCUT2D eigenvalue weighted by Gasteiger charge is -2.26. The predicted molar refractivity (Wildman–Crippen MR) is 79.5 cm³/mol. The lowest BCUT2D eigenvalue weighted by atomic mass is 10.1. The van der Waals surface area contributed by atoms with E-state index in [-0.39, 0.29) is 6.10 Å². The summed E-state index contributed by atoms with van der Waals surface area (Å²) < 4.78 is 49.4. The molecule has 0 aromatic heterocycles. The van der Waals surface area contributed by atoms with Gasteiger partial charge in [-0.2, -0.15) is 13.2 Å². The molecule has 1 aliphatic heterocycles. The van der Waals surface area contributed by atoms with Gasteiger partial charge in [0.25, 0.3) is 0 Å². The molecule has 0 fully saturated rings. The Morgan fingerprint density at radius 1 is 1.04 bits per heavy atom. The van der Waals surface area contributed by atoms with Crippen LogP contribution < -0.4 is 14.8 Å². The zero-order chi connectivity index (χ0) is 16.3. The standard InChI is InChI=1S/C17H16F3NO2/c18-17(19,20)13-5-3-4-12(8-13)9-21-10-14-11-22-15-6-1-2-7-16(15)23-14/h1-8,14,21H,9-11H2. The minimum Gasteiger partial charge on any atom is -0.486 e. The van der Waals surface area contributed by atoms with E-state index in [9.17, 15) is 13.2 Å². The van der Waals surface area contributed by atoms with Gasteiger partial charge in [0.2, 0.25) is 0 Å². The number of hydrogen-bond acceptors (Lipinski definition) is 3. The van der Waals surface area contributed by atoms with Crippen molar-refractivity contribution in [3.8, 4) is 11.5 Å². The average Bonchev–Trinajstić information content (AvgIpc) is 2.54. The SMILES string of the molecule is FC(F)(F)c1cccc(CNCC2COc3ccccc3O2)c1. The summed E-state index contributed by atoms with van der Waals surface area (Å²) >= 11 is 0. The van der Waals surface area contributed by atoms with Gasteiger partial charge in [-0.25, -0.2) is 0 Å². The molecule has 1 unspecified atom stereocenters. The highest BCUT2D eigenvalue weighted by Crippen LogP contribution is 2.31. The van der Waals surface area contributed by atoms with Gasteiger partial charge in [-0.3, -0.25) is 0 Å². The van der Waals surface area contributed by atoms with Crippen LogP contribution in [-0.4, -0.2) is 19.3 Å². The van der Waals surface area contributed by atoms with Crippen molar-refractivity contribution in [1.29, 1.82) is 0 Å². The number of ether oxygens (including phenoxy) is 2. The molecule has 122 valence electrons. The van der Waals surface area contributed by atoms with Crippen molar-refractivity contribution in [2.75, 3.05) is 13.2 Å². The van der Waals surface area contributed by atoms with Gasteiger partial charge in [0.1, 0.15) is 12.7 Å². The number of hydrogen-bond donors (Lipinski definition) is 1. The second kappa shape index (κ2) is 6.50. The molecule has 3 rings (SSSR count). The number of alkyl halides is 3. The number of benzene rings is 2. The molecule has 0 amide bonds. The quantitative estimate of drug-likeness (QED) is 0.932. The van der Waals surface area contributed by atoms with Crippen molar-refractivity contribution < 1.29 is 22.6 Å². The van der Waals surface area contributed by atoms with Crippen LogP contribution in [0.15, 0.2) is 48.5 Å². The van der Waals surface area contributed by atoms with E-state index >= 15 is 0 Å². The molecule has 2 aromatic carbocycles. The minimum atomic E-state index is -4.32. The smallest absolute Gasteiger partial charge is 0.416 e. The highest BCUT2D eigenvalue weighted by molar-refractivity contribution is 5.40. The lowest BCUT2D eigenvalue weighted by Crippen LogP contribution is -2.38. The molecule has 3 nitrogen and oxygen atoms in total. The second-order valence-corrected chi connectivity index (χ2v) is 5.33. The van der Waals surface area contributed by atoms with Gasteiger partial charge >= 0.3 is 6.18 Å². The van der Waals surface area contributed by atoms with Crippen molar-refractivity contribution in [3.63, 3.8) is 0 Å². The Hall–Kier alpha value is -2.21. The summed E-state index contributed by atoms with van der Waals surface area (Å²) in [4.78, 5) is 0. The van der Waals surface area contributed by atoms with Crippen LogP contribution in [-0.2, 0) is 12.7 Å². The molecule has 23 heavy (non-hydrogen) atoms. The Morgan fingerprint density at radius 3 is 2.61 bits per heavy atom. The summed E-state index contributed by atoms with van der Waals surface area (Å²) in [5.74, 6) is 1.39. The maximum atomic E-state index is 12.7. The van der Waals surface area contributed by atoms with Crippen LogP contribution in [0.3, 0.4) is 0 Å². The van der Waals surface area contributed by atoms with E-state index < -0.39 is 11.7 Å². The summed E-state index contributed by atoms with van der Waals surface area (Å²) in [5.41, 5.74) is -0.0556. The Balaban J connectivity index is 1.53. The first-order valence-corrected chi connectivity index (χ1v) is 7.28. The summed E-state index contributed by atoms with van der Waals surface area (Å²) in [6.45, 7) is 1.24. The summed E-state index contributed by atoms with van der Waals surface area (Å²) in [7, 11) is 0. The van der Waals surface area contributed by atoms with Crippen LogP contribution in [0.4, 0.5) is 13.2 Å². The maximum Gasteiger partial charge on any atom is 0.416 e. The molecule has 6 heteroatoms. The van der Waals surface area contributed by atoms with Gasteiger partial charge < -0.3 is 14.8 Å². The third-order valence-corrected chi connectivity index (χ3v) is 3.52. The first-order chi connectivity index (χ1) is 11.0. The Labute approximate surface area is 132 Å². The van der Waals surface area contributed by atoms with Gasteiger partial charge in [-0.1, -0.05) is 30.3 Å². The number of halogens is 3. The van der Waals surface area contributed by atoms with E-state index in [1.807, 2.05) is 24.3 Å². The van der Waals surface area contributed by atoms with E-state index in [4.69, 9.17) is 9.47 Å². The third kappa shape index (κ3) is 3.96. The topological polar surface area (TPSA) is 30.5 Å². The van der Waals surface area contributed by atoms with Gasteiger partial charge in [0.05, 0.1) is 5.56 Å². The predicted octanol–water partition coefficient (Wildman–Crippen LogP) is 3.64. The molecule has 0 spiro atoms. The number of para-hydroxylation sites is 2. The maximum absolute atomic E-state index is 12.7. The van der Waals surface area contributed by atoms with E-state index in [0.29, 0.717) is 36.8 Å². The van der Waals surface area contributed by atoms with Crippen molar-refractivity contribution in [2.45, 2.75) is 18.8 Å². The second-order valence-electron chi connectivity index (χ2n) is 5.33. The molecule has 0 bridgehead atoms. The number of rotatable bonds is 4. The first kappa shape index (κ1) is 15.7. The van der Waals surface area contributed by atoms with Crippen molar-refractivity contribution in [1.82, 2.24) is 5.32 Å². The Kier molecular flexibility index (Phi) is 4.43. The number of fused-ring (bicyclic) bond motifs is 1. The lowest BCUT2D eigenvalue weighted by molar-refractivity contribution is -0.137. The molecular formula is C17H16F3NO2. The van der Waals surface area contributed by atoms with E-state index in [2.05, 4.69) is 5.32 Å². The molecule has 1 N–H and O–H groups in total. The Bertz CT molecular complexity index is 673.